The number of rotatable bonds is 5. The zero-order valence-corrected chi connectivity index (χ0v) is 17.6. The van der Waals surface area contributed by atoms with Crippen molar-refractivity contribution in [2.75, 3.05) is 6.61 Å². The summed E-state index contributed by atoms with van der Waals surface area (Å²) in [5.74, 6) is 0. The molecule has 0 spiro atoms. The number of benzene rings is 4. The Morgan fingerprint density at radius 2 is 1.17 bits per heavy atom. The minimum atomic E-state index is -4.65. The van der Waals surface area contributed by atoms with E-state index in [-0.39, 0.29) is 27.5 Å². The lowest BCUT2D eigenvalue weighted by Gasteiger charge is -2.18. The van der Waals surface area contributed by atoms with E-state index < -0.39 is 20.2 Å². The summed E-state index contributed by atoms with van der Waals surface area (Å²) in [4.78, 5) is -0.533. The van der Waals surface area contributed by atoms with Gasteiger partial charge in [0, 0.05) is 11.1 Å². The van der Waals surface area contributed by atoms with Crippen LogP contribution in [0.15, 0.2) is 82.6 Å². The molecule has 4 rings (SSSR count). The summed E-state index contributed by atoms with van der Waals surface area (Å²) >= 11 is 0. The smallest absolute Gasteiger partial charge is 0.282 e. The highest BCUT2D eigenvalue weighted by Crippen LogP contribution is 2.42. The lowest BCUT2D eigenvalue weighted by Crippen LogP contribution is -2.10. The normalized spacial score (nSPS) is 12.5. The van der Waals surface area contributed by atoms with E-state index in [1.54, 1.807) is 67.6 Å². The molecule has 0 aliphatic carbocycles. The van der Waals surface area contributed by atoms with Crippen molar-refractivity contribution in [3.8, 4) is 11.1 Å². The van der Waals surface area contributed by atoms with Gasteiger partial charge in [0.2, 0.25) is 0 Å². The van der Waals surface area contributed by atoms with Crippen molar-refractivity contribution in [2.45, 2.75) is 16.7 Å². The van der Waals surface area contributed by atoms with Gasteiger partial charge in [-0.15, -0.1) is 0 Å². The van der Waals surface area contributed by atoms with Gasteiger partial charge in [-0.25, -0.2) is 0 Å². The number of hydrogen-bond donors (Lipinski definition) is 1. The largest absolute Gasteiger partial charge is 0.297 e. The van der Waals surface area contributed by atoms with Crippen LogP contribution < -0.4 is 0 Å². The first-order valence-corrected chi connectivity index (χ1v) is 12.0. The van der Waals surface area contributed by atoms with Crippen LogP contribution in [0.25, 0.3) is 32.7 Å². The van der Waals surface area contributed by atoms with Gasteiger partial charge in [-0.1, -0.05) is 60.7 Å². The zero-order valence-electron chi connectivity index (χ0n) is 15.9. The van der Waals surface area contributed by atoms with Crippen molar-refractivity contribution in [1.29, 1.82) is 0 Å². The van der Waals surface area contributed by atoms with E-state index in [2.05, 4.69) is 0 Å². The molecule has 0 unspecified atom stereocenters. The average molecular weight is 443 g/mol. The molecule has 0 radical (unpaired) electrons. The van der Waals surface area contributed by atoms with Gasteiger partial charge in [-0.2, -0.15) is 16.8 Å². The number of hydrogen-bond acceptors (Lipinski definition) is 5. The van der Waals surface area contributed by atoms with Crippen molar-refractivity contribution < 1.29 is 25.6 Å². The molecule has 0 bridgehead atoms. The molecule has 1 N–H and O–H groups in total. The third-order valence-corrected chi connectivity index (χ3v) is 7.17. The summed E-state index contributed by atoms with van der Waals surface area (Å²) in [6.07, 6.45) is 0. The highest BCUT2D eigenvalue weighted by atomic mass is 32.2. The molecule has 6 nitrogen and oxygen atoms in total. The molecule has 8 heteroatoms. The molecule has 0 saturated heterocycles. The maximum absolute atomic E-state index is 12.9. The van der Waals surface area contributed by atoms with Gasteiger partial charge in [0.05, 0.1) is 6.61 Å². The van der Waals surface area contributed by atoms with E-state index >= 15 is 0 Å². The van der Waals surface area contributed by atoms with Crippen molar-refractivity contribution in [3.63, 3.8) is 0 Å². The molecule has 0 aromatic heterocycles. The average Bonchev–Trinajstić information content (AvgIpc) is 2.71. The molecular formula is C22H18O6S2. The van der Waals surface area contributed by atoms with Gasteiger partial charge in [0.1, 0.15) is 9.79 Å². The van der Waals surface area contributed by atoms with E-state index in [0.717, 1.165) is 5.39 Å². The minimum Gasteiger partial charge on any atom is -0.282 e. The van der Waals surface area contributed by atoms with Gasteiger partial charge in [-0.3, -0.25) is 8.74 Å². The quantitative estimate of drug-likeness (QED) is 0.357. The van der Waals surface area contributed by atoms with Crippen molar-refractivity contribution in [1.82, 2.24) is 0 Å². The van der Waals surface area contributed by atoms with Crippen LogP contribution in [0.4, 0.5) is 0 Å². The lowest BCUT2D eigenvalue weighted by atomic mass is 9.94. The predicted octanol–water partition coefficient (Wildman–Crippen LogP) is 4.63. The highest BCUT2D eigenvalue weighted by molar-refractivity contribution is 7.87. The maximum atomic E-state index is 12.9. The summed E-state index contributed by atoms with van der Waals surface area (Å²) in [6.45, 7) is 1.48. The summed E-state index contributed by atoms with van der Waals surface area (Å²) in [5, 5.41) is 2.45. The monoisotopic (exact) mass is 442 g/mol. The van der Waals surface area contributed by atoms with E-state index in [1.807, 2.05) is 0 Å². The fourth-order valence-electron chi connectivity index (χ4n) is 3.66. The zero-order chi connectivity index (χ0) is 21.5. The third kappa shape index (κ3) is 3.48. The van der Waals surface area contributed by atoms with E-state index in [1.165, 1.54) is 12.1 Å². The fraction of sp³-hybridized carbons (Fsp3) is 0.0909. The minimum absolute atomic E-state index is 0.0741. The fourth-order valence-corrected chi connectivity index (χ4v) is 5.50. The van der Waals surface area contributed by atoms with Gasteiger partial charge in [0.15, 0.2) is 0 Å². The molecule has 0 atom stereocenters. The Labute approximate surface area is 174 Å². The first kappa shape index (κ1) is 20.5. The molecular weight excluding hydrogens is 424 g/mol. The van der Waals surface area contributed by atoms with Crippen molar-refractivity contribution >= 4 is 41.8 Å². The Morgan fingerprint density at radius 3 is 1.67 bits per heavy atom. The molecule has 4 aromatic carbocycles. The second-order valence-electron chi connectivity index (χ2n) is 6.66. The van der Waals surface area contributed by atoms with E-state index in [0.29, 0.717) is 16.2 Å². The molecule has 0 saturated carbocycles. The van der Waals surface area contributed by atoms with Gasteiger partial charge in [-0.05, 0) is 40.6 Å². The summed E-state index contributed by atoms with van der Waals surface area (Å²) < 4.78 is 65.4. The van der Waals surface area contributed by atoms with Gasteiger partial charge >= 0.3 is 0 Å². The Balaban J connectivity index is 2.29. The van der Waals surface area contributed by atoms with Crippen molar-refractivity contribution in [3.05, 3.63) is 72.8 Å². The second kappa shape index (κ2) is 7.48. The first-order chi connectivity index (χ1) is 14.2. The topological polar surface area (TPSA) is 97.7 Å². The molecule has 0 heterocycles. The highest BCUT2D eigenvalue weighted by Gasteiger charge is 2.28. The summed E-state index contributed by atoms with van der Waals surface area (Å²) in [7, 11) is -8.84. The lowest BCUT2D eigenvalue weighted by molar-refractivity contribution is 0.338. The van der Waals surface area contributed by atoms with E-state index in [9.17, 15) is 21.4 Å². The molecule has 0 aliphatic heterocycles. The van der Waals surface area contributed by atoms with Crippen molar-refractivity contribution in [2.24, 2.45) is 0 Å². The van der Waals surface area contributed by atoms with Crippen LogP contribution in [0.1, 0.15) is 6.92 Å². The van der Waals surface area contributed by atoms with Gasteiger partial charge < -0.3 is 0 Å². The van der Waals surface area contributed by atoms with Crippen LogP contribution in [0.2, 0.25) is 0 Å². The van der Waals surface area contributed by atoms with Crippen LogP contribution in [-0.4, -0.2) is 28.0 Å². The molecule has 0 amide bonds. The predicted molar refractivity (Wildman–Crippen MR) is 116 cm³/mol. The van der Waals surface area contributed by atoms with Gasteiger partial charge in [0.25, 0.3) is 20.2 Å². The maximum Gasteiger partial charge on any atom is 0.297 e. The Hall–Kier alpha value is -2.78. The Bertz CT molecular complexity index is 1490. The van der Waals surface area contributed by atoms with Crippen LogP contribution in [0.3, 0.4) is 0 Å². The van der Waals surface area contributed by atoms with Crippen LogP contribution >= 0.6 is 0 Å². The molecule has 30 heavy (non-hydrogen) atoms. The van der Waals surface area contributed by atoms with Crippen LogP contribution in [0.5, 0.6) is 0 Å². The second-order valence-corrected chi connectivity index (χ2v) is 9.63. The van der Waals surface area contributed by atoms with Crippen LogP contribution in [-0.2, 0) is 24.4 Å². The third-order valence-electron chi connectivity index (χ3n) is 4.85. The number of fused-ring (bicyclic) bond motifs is 2. The first-order valence-electron chi connectivity index (χ1n) is 9.15. The summed E-state index contributed by atoms with van der Waals surface area (Å²) in [5.41, 5.74) is 0.289. The molecule has 154 valence electrons. The SMILES string of the molecule is CCOS(=O)(=O)c1ccc2ccccc2c1-c1c(S(=O)(=O)O)ccc2ccccc12. The summed E-state index contributed by atoms with van der Waals surface area (Å²) in [6, 6.07) is 19.9. The Morgan fingerprint density at radius 1 is 0.700 bits per heavy atom. The standard InChI is InChI=1S/C22H18O6S2/c1-2-28-30(26,27)20-14-12-16-8-4-6-10-18(16)22(20)21-17-9-5-3-7-15(17)11-13-19(21)29(23,24)25/h3-14H,2H2,1H3,(H,23,24,25). The van der Waals surface area contributed by atoms with E-state index in [4.69, 9.17) is 4.18 Å². The molecule has 0 aliphatic rings. The Kier molecular flexibility index (Phi) is 5.11. The molecule has 0 fully saturated rings. The van der Waals surface area contributed by atoms with Crippen LogP contribution in [0, 0.1) is 0 Å². The molecule has 4 aromatic rings.